The Morgan fingerprint density at radius 1 is 1.00 bits per heavy atom. The predicted molar refractivity (Wildman–Crippen MR) is 97.7 cm³/mol. The van der Waals surface area contributed by atoms with Crippen LogP contribution in [0.15, 0.2) is 71.7 Å². The number of aromatic nitrogens is 2. The number of carbonyl (C=O) groups is 1. The van der Waals surface area contributed by atoms with Gasteiger partial charge in [-0.15, -0.1) is 0 Å². The first-order chi connectivity index (χ1) is 12.2. The molecule has 4 nitrogen and oxygen atoms in total. The van der Waals surface area contributed by atoms with Crippen LogP contribution in [0.25, 0.3) is 0 Å². The molecule has 0 spiro atoms. The highest BCUT2D eigenvalue weighted by molar-refractivity contribution is 5.90. The van der Waals surface area contributed by atoms with E-state index in [9.17, 15) is 9.59 Å². The van der Waals surface area contributed by atoms with Crippen LogP contribution in [0.4, 0.5) is 0 Å². The summed E-state index contributed by atoms with van der Waals surface area (Å²) in [6.45, 7) is 1.92. The molecule has 0 saturated heterocycles. The number of H-pyrrole nitrogens is 1. The third-order valence-corrected chi connectivity index (χ3v) is 4.21. The lowest BCUT2D eigenvalue weighted by Crippen LogP contribution is -2.23. The predicted octanol–water partition coefficient (Wildman–Crippen LogP) is 3.28. The maximum atomic E-state index is 13.0. The Kier molecular flexibility index (Phi) is 5.19. The van der Waals surface area contributed by atoms with Gasteiger partial charge in [0.15, 0.2) is 0 Å². The number of hydrogen-bond donors (Lipinski definition) is 1. The van der Waals surface area contributed by atoms with Gasteiger partial charge in [-0.2, -0.15) is 0 Å². The molecule has 0 fully saturated rings. The normalized spacial score (nSPS) is 10.8. The van der Waals surface area contributed by atoms with Gasteiger partial charge in [0, 0.05) is 24.6 Å². The number of hydrogen-bond acceptors (Lipinski definition) is 3. The molecule has 0 atom stereocenters. The van der Waals surface area contributed by atoms with Gasteiger partial charge in [-0.25, -0.2) is 4.98 Å². The van der Waals surface area contributed by atoms with E-state index in [1.165, 1.54) is 6.20 Å². The van der Waals surface area contributed by atoms with E-state index in [4.69, 9.17) is 0 Å². The number of nitrogens with zero attached hydrogens (tertiary/aromatic N) is 1. The highest BCUT2D eigenvalue weighted by Gasteiger charge is 2.23. The number of ketones is 1. The van der Waals surface area contributed by atoms with Gasteiger partial charge in [0.05, 0.1) is 5.92 Å². The van der Waals surface area contributed by atoms with Crippen LogP contribution in [0.2, 0.25) is 0 Å². The number of aryl methyl sites for hydroxylation is 1. The second-order valence-corrected chi connectivity index (χ2v) is 5.94. The molecule has 4 heteroatoms. The number of benzene rings is 2. The van der Waals surface area contributed by atoms with Crippen molar-refractivity contribution in [3.05, 3.63) is 99.7 Å². The van der Waals surface area contributed by atoms with Crippen molar-refractivity contribution in [3.8, 4) is 0 Å². The Labute approximate surface area is 146 Å². The zero-order chi connectivity index (χ0) is 17.6. The molecule has 0 amide bonds. The minimum absolute atomic E-state index is 0.0195. The van der Waals surface area contributed by atoms with E-state index in [0.717, 1.165) is 11.1 Å². The number of rotatable bonds is 6. The number of Topliss-reactive ketones (excluding diaryl/α,β-unsaturated/α-hetero) is 1. The molecule has 25 heavy (non-hydrogen) atoms. The maximum Gasteiger partial charge on any atom is 0.254 e. The van der Waals surface area contributed by atoms with Crippen LogP contribution in [0, 0.1) is 0 Å². The van der Waals surface area contributed by atoms with Crippen molar-refractivity contribution in [3.63, 3.8) is 0 Å². The minimum atomic E-state index is -0.396. The topological polar surface area (TPSA) is 62.8 Å². The SMILES string of the molecule is CCc1ncc(CC(=O)C(c2ccccc2)c2ccccc2)c(=O)[nH]1. The summed E-state index contributed by atoms with van der Waals surface area (Å²) in [5, 5.41) is 0. The molecule has 1 aromatic heterocycles. The van der Waals surface area contributed by atoms with Crippen LogP contribution in [0.3, 0.4) is 0 Å². The Morgan fingerprint density at radius 3 is 2.04 bits per heavy atom. The molecule has 0 radical (unpaired) electrons. The molecular weight excluding hydrogens is 312 g/mol. The van der Waals surface area contributed by atoms with Crippen molar-refractivity contribution >= 4 is 5.78 Å². The Balaban J connectivity index is 1.94. The van der Waals surface area contributed by atoms with Crippen LogP contribution < -0.4 is 5.56 Å². The third kappa shape index (κ3) is 3.91. The van der Waals surface area contributed by atoms with Gasteiger partial charge in [-0.1, -0.05) is 67.6 Å². The quantitative estimate of drug-likeness (QED) is 0.753. The van der Waals surface area contributed by atoms with E-state index in [2.05, 4.69) is 9.97 Å². The molecule has 0 bridgehead atoms. The van der Waals surface area contributed by atoms with Crippen molar-refractivity contribution in [1.29, 1.82) is 0 Å². The summed E-state index contributed by atoms with van der Waals surface area (Å²) in [5.41, 5.74) is 2.01. The van der Waals surface area contributed by atoms with Crippen LogP contribution in [-0.2, 0) is 17.6 Å². The largest absolute Gasteiger partial charge is 0.310 e. The molecule has 0 saturated carbocycles. The van der Waals surface area contributed by atoms with Gasteiger partial charge < -0.3 is 4.98 Å². The second kappa shape index (κ2) is 7.71. The molecule has 1 N–H and O–H groups in total. The molecule has 0 unspecified atom stereocenters. The van der Waals surface area contributed by atoms with E-state index < -0.39 is 5.92 Å². The van der Waals surface area contributed by atoms with Crippen molar-refractivity contribution < 1.29 is 4.79 Å². The average Bonchev–Trinajstić information content (AvgIpc) is 2.65. The molecule has 3 rings (SSSR count). The fourth-order valence-corrected chi connectivity index (χ4v) is 2.91. The van der Waals surface area contributed by atoms with Gasteiger partial charge in [-0.3, -0.25) is 9.59 Å². The van der Waals surface area contributed by atoms with Gasteiger partial charge in [0.25, 0.3) is 5.56 Å². The smallest absolute Gasteiger partial charge is 0.254 e. The van der Waals surface area contributed by atoms with Gasteiger partial charge in [0.2, 0.25) is 0 Å². The monoisotopic (exact) mass is 332 g/mol. The van der Waals surface area contributed by atoms with Gasteiger partial charge in [-0.05, 0) is 11.1 Å². The number of carbonyl (C=O) groups excluding carboxylic acids is 1. The van der Waals surface area contributed by atoms with E-state index in [-0.39, 0.29) is 17.8 Å². The fraction of sp³-hybridized carbons (Fsp3) is 0.190. The molecule has 0 aliphatic rings. The Bertz CT molecular complexity index is 862. The highest BCUT2D eigenvalue weighted by Crippen LogP contribution is 2.26. The standard InChI is InChI=1S/C21H20N2O2/c1-2-19-22-14-17(21(25)23-19)13-18(24)20(15-9-5-3-6-10-15)16-11-7-4-8-12-16/h3-12,14,20H,2,13H2,1H3,(H,22,23,25). The van der Waals surface area contributed by atoms with Crippen LogP contribution in [0.5, 0.6) is 0 Å². The van der Waals surface area contributed by atoms with Crippen LogP contribution in [0.1, 0.15) is 35.4 Å². The van der Waals surface area contributed by atoms with E-state index in [0.29, 0.717) is 17.8 Å². The zero-order valence-corrected chi connectivity index (χ0v) is 14.1. The summed E-state index contributed by atoms with van der Waals surface area (Å²) in [5.74, 6) is 0.213. The maximum absolute atomic E-state index is 13.0. The summed E-state index contributed by atoms with van der Waals surface area (Å²) < 4.78 is 0. The molecule has 1 heterocycles. The highest BCUT2D eigenvalue weighted by atomic mass is 16.1. The second-order valence-electron chi connectivity index (χ2n) is 5.94. The van der Waals surface area contributed by atoms with Crippen molar-refractivity contribution in [2.75, 3.05) is 0 Å². The summed E-state index contributed by atoms with van der Waals surface area (Å²) in [7, 11) is 0. The summed E-state index contributed by atoms with van der Waals surface area (Å²) >= 11 is 0. The molecule has 126 valence electrons. The molecule has 2 aromatic carbocycles. The van der Waals surface area contributed by atoms with Gasteiger partial charge >= 0.3 is 0 Å². The summed E-state index contributed by atoms with van der Waals surface area (Å²) in [6, 6.07) is 19.3. The van der Waals surface area contributed by atoms with Gasteiger partial charge in [0.1, 0.15) is 11.6 Å². The van der Waals surface area contributed by atoms with E-state index in [1.807, 2.05) is 67.6 Å². The molecule has 3 aromatic rings. The van der Waals surface area contributed by atoms with Crippen molar-refractivity contribution in [1.82, 2.24) is 9.97 Å². The van der Waals surface area contributed by atoms with E-state index >= 15 is 0 Å². The van der Waals surface area contributed by atoms with Crippen LogP contribution >= 0.6 is 0 Å². The van der Waals surface area contributed by atoms with Crippen LogP contribution in [-0.4, -0.2) is 15.8 Å². The minimum Gasteiger partial charge on any atom is -0.310 e. The molecule has 0 aliphatic carbocycles. The lowest BCUT2D eigenvalue weighted by Gasteiger charge is -2.17. The Morgan fingerprint density at radius 2 is 1.56 bits per heavy atom. The molecule has 0 aliphatic heterocycles. The fourth-order valence-electron chi connectivity index (χ4n) is 2.91. The lowest BCUT2D eigenvalue weighted by atomic mass is 9.85. The number of aromatic amines is 1. The number of nitrogens with one attached hydrogen (secondary N) is 1. The first-order valence-electron chi connectivity index (χ1n) is 8.38. The zero-order valence-electron chi connectivity index (χ0n) is 14.1. The average molecular weight is 332 g/mol. The first kappa shape index (κ1) is 16.8. The summed E-state index contributed by atoms with van der Waals surface area (Å²) in [6.07, 6.45) is 2.23. The third-order valence-electron chi connectivity index (χ3n) is 4.21. The lowest BCUT2D eigenvalue weighted by molar-refractivity contribution is -0.119. The summed E-state index contributed by atoms with van der Waals surface area (Å²) in [4.78, 5) is 32.2. The van der Waals surface area contributed by atoms with Crippen molar-refractivity contribution in [2.45, 2.75) is 25.7 Å². The molecular formula is C21H20N2O2. The Hall–Kier alpha value is -3.01. The van der Waals surface area contributed by atoms with E-state index in [1.54, 1.807) is 0 Å². The van der Waals surface area contributed by atoms with Crippen molar-refractivity contribution in [2.24, 2.45) is 0 Å². The first-order valence-corrected chi connectivity index (χ1v) is 8.38.